The minimum atomic E-state index is 0.736. The molecule has 0 bridgehead atoms. The molecule has 144 valence electrons. The van der Waals surface area contributed by atoms with Gasteiger partial charge in [0.25, 0.3) is 0 Å². The summed E-state index contributed by atoms with van der Waals surface area (Å²) < 4.78 is 5.41. The highest BCUT2D eigenvalue weighted by molar-refractivity contribution is 6.30. The summed E-state index contributed by atoms with van der Waals surface area (Å²) in [4.78, 5) is 6.65. The molecule has 2 aromatic rings. The average molecular weight is 387 g/mol. The van der Waals surface area contributed by atoms with Crippen LogP contribution in [-0.2, 0) is 17.7 Å². The zero-order chi connectivity index (χ0) is 18.9. The molecule has 1 heterocycles. The van der Waals surface area contributed by atoms with Crippen LogP contribution >= 0.6 is 11.6 Å². The van der Waals surface area contributed by atoms with E-state index in [2.05, 4.69) is 50.9 Å². The van der Waals surface area contributed by atoms with Crippen molar-refractivity contribution in [2.45, 2.75) is 13.0 Å². The molecular formula is C21H27ClN4O. The van der Waals surface area contributed by atoms with Crippen molar-refractivity contribution in [3.8, 4) is 0 Å². The van der Waals surface area contributed by atoms with Gasteiger partial charge in [0.2, 0.25) is 0 Å². The fourth-order valence-electron chi connectivity index (χ4n) is 3.07. The summed E-state index contributed by atoms with van der Waals surface area (Å²) in [5.74, 6) is 0.800. The minimum absolute atomic E-state index is 0.736. The SMILES string of the molecule is CN=C(NCCc1cccc(Cl)c1)NCc1ccc(N2CCOCC2)cc1. The summed E-state index contributed by atoms with van der Waals surface area (Å²) in [7, 11) is 1.79. The van der Waals surface area contributed by atoms with Crippen molar-refractivity contribution in [1.82, 2.24) is 10.6 Å². The first kappa shape index (κ1) is 19.5. The highest BCUT2D eigenvalue weighted by Gasteiger charge is 2.10. The molecule has 5 nitrogen and oxygen atoms in total. The van der Waals surface area contributed by atoms with E-state index in [1.165, 1.54) is 16.8 Å². The number of rotatable bonds is 6. The highest BCUT2D eigenvalue weighted by Crippen LogP contribution is 2.16. The molecule has 1 aliphatic heterocycles. The van der Waals surface area contributed by atoms with Crippen LogP contribution in [0.25, 0.3) is 0 Å². The second kappa shape index (κ2) is 10.2. The molecule has 0 aromatic heterocycles. The van der Waals surface area contributed by atoms with Gasteiger partial charge in [-0.1, -0.05) is 35.9 Å². The fraction of sp³-hybridized carbons (Fsp3) is 0.381. The van der Waals surface area contributed by atoms with E-state index in [9.17, 15) is 0 Å². The van der Waals surface area contributed by atoms with Crippen molar-refractivity contribution >= 4 is 23.2 Å². The van der Waals surface area contributed by atoms with Crippen molar-refractivity contribution < 1.29 is 4.74 Å². The Labute approximate surface area is 166 Å². The van der Waals surface area contributed by atoms with Gasteiger partial charge < -0.3 is 20.3 Å². The number of nitrogens with zero attached hydrogens (tertiary/aromatic N) is 2. The van der Waals surface area contributed by atoms with Gasteiger partial charge in [0.05, 0.1) is 13.2 Å². The number of hydrogen-bond donors (Lipinski definition) is 2. The maximum Gasteiger partial charge on any atom is 0.191 e. The molecule has 0 saturated carbocycles. The summed E-state index contributed by atoms with van der Waals surface area (Å²) in [5, 5.41) is 7.48. The topological polar surface area (TPSA) is 48.9 Å². The maximum atomic E-state index is 6.03. The third-order valence-electron chi connectivity index (χ3n) is 4.59. The largest absolute Gasteiger partial charge is 0.378 e. The number of aliphatic imine (C=N–C) groups is 1. The molecule has 6 heteroatoms. The summed E-state index contributed by atoms with van der Waals surface area (Å²) in [6, 6.07) is 16.6. The van der Waals surface area contributed by atoms with E-state index < -0.39 is 0 Å². The quantitative estimate of drug-likeness (QED) is 0.591. The number of halogens is 1. The Kier molecular flexibility index (Phi) is 7.36. The second-order valence-electron chi connectivity index (χ2n) is 6.50. The van der Waals surface area contributed by atoms with E-state index in [1.807, 2.05) is 18.2 Å². The number of guanidine groups is 1. The van der Waals surface area contributed by atoms with E-state index >= 15 is 0 Å². The maximum absolute atomic E-state index is 6.03. The van der Waals surface area contributed by atoms with Crippen LogP contribution in [0.4, 0.5) is 5.69 Å². The van der Waals surface area contributed by atoms with Crippen molar-refractivity contribution in [3.05, 3.63) is 64.7 Å². The molecule has 0 unspecified atom stereocenters. The number of anilines is 1. The van der Waals surface area contributed by atoms with Crippen LogP contribution in [0.15, 0.2) is 53.5 Å². The molecule has 0 atom stereocenters. The van der Waals surface area contributed by atoms with Gasteiger partial charge in [0.15, 0.2) is 5.96 Å². The van der Waals surface area contributed by atoms with Crippen LogP contribution < -0.4 is 15.5 Å². The third kappa shape index (κ3) is 6.15. The fourth-order valence-corrected chi connectivity index (χ4v) is 3.28. The van der Waals surface area contributed by atoms with Crippen molar-refractivity contribution in [3.63, 3.8) is 0 Å². The van der Waals surface area contributed by atoms with Crippen LogP contribution in [0.2, 0.25) is 5.02 Å². The molecule has 0 aliphatic carbocycles. The van der Waals surface area contributed by atoms with Crippen LogP contribution in [0.1, 0.15) is 11.1 Å². The first-order valence-electron chi connectivity index (χ1n) is 9.35. The van der Waals surface area contributed by atoms with Gasteiger partial charge in [-0.05, 0) is 41.8 Å². The van der Waals surface area contributed by atoms with Gasteiger partial charge >= 0.3 is 0 Å². The zero-order valence-electron chi connectivity index (χ0n) is 15.7. The Hall–Kier alpha value is -2.24. The molecular weight excluding hydrogens is 360 g/mol. The van der Waals surface area contributed by atoms with E-state index in [4.69, 9.17) is 16.3 Å². The lowest BCUT2D eigenvalue weighted by molar-refractivity contribution is 0.122. The third-order valence-corrected chi connectivity index (χ3v) is 4.83. The van der Waals surface area contributed by atoms with Crippen molar-refractivity contribution in [2.75, 3.05) is 44.8 Å². The standard InChI is InChI=1S/C21H27ClN4O/c1-23-21(24-10-9-17-3-2-4-19(22)15-17)25-16-18-5-7-20(8-6-18)26-11-13-27-14-12-26/h2-8,15H,9-14,16H2,1H3,(H2,23,24,25). The molecule has 3 rings (SSSR count). The molecule has 1 saturated heterocycles. The van der Waals surface area contributed by atoms with E-state index in [1.54, 1.807) is 7.05 Å². The Morgan fingerprint density at radius 2 is 1.85 bits per heavy atom. The van der Waals surface area contributed by atoms with Gasteiger partial charge in [-0.2, -0.15) is 0 Å². The normalized spacial score (nSPS) is 14.9. The molecule has 2 N–H and O–H groups in total. The zero-order valence-corrected chi connectivity index (χ0v) is 16.5. The van der Waals surface area contributed by atoms with Crippen LogP contribution in [0.5, 0.6) is 0 Å². The number of morpholine rings is 1. The molecule has 1 aliphatic rings. The van der Waals surface area contributed by atoms with Crippen molar-refractivity contribution in [1.29, 1.82) is 0 Å². The average Bonchev–Trinajstić information content (AvgIpc) is 2.72. The highest BCUT2D eigenvalue weighted by atomic mass is 35.5. The Bertz CT molecular complexity index is 742. The van der Waals surface area contributed by atoms with E-state index in [0.29, 0.717) is 0 Å². The number of benzene rings is 2. The predicted octanol–water partition coefficient (Wildman–Crippen LogP) is 3.08. The van der Waals surface area contributed by atoms with E-state index in [-0.39, 0.29) is 0 Å². The lowest BCUT2D eigenvalue weighted by Crippen LogP contribution is -2.38. The Balaban J connectivity index is 1.43. The molecule has 0 radical (unpaired) electrons. The smallest absolute Gasteiger partial charge is 0.191 e. The molecule has 0 amide bonds. The van der Waals surface area contributed by atoms with Crippen LogP contribution in [0, 0.1) is 0 Å². The van der Waals surface area contributed by atoms with Gasteiger partial charge in [-0.15, -0.1) is 0 Å². The lowest BCUT2D eigenvalue weighted by atomic mass is 10.1. The van der Waals surface area contributed by atoms with Crippen LogP contribution in [0.3, 0.4) is 0 Å². The van der Waals surface area contributed by atoms with Gasteiger partial charge in [-0.25, -0.2) is 0 Å². The number of hydrogen-bond acceptors (Lipinski definition) is 3. The first-order chi connectivity index (χ1) is 13.2. The summed E-state index contributed by atoms with van der Waals surface area (Å²) in [5.41, 5.74) is 3.69. The summed E-state index contributed by atoms with van der Waals surface area (Å²) in [6.07, 6.45) is 0.898. The van der Waals surface area contributed by atoms with E-state index in [0.717, 1.165) is 56.8 Å². The number of nitrogens with one attached hydrogen (secondary N) is 2. The van der Waals surface area contributed by atoms with Gasteiger partial charge in [-0.3, -0.25) is 4.99 Å². The molecule has 0 spiro atoms. The number of ether oxygens (including phenoxy) is 1. The van der Waals surface area contributed by atoms with Crippen molar-refractivity contribution in [2.24, 2.45) is 4.99 Å². The Morgan fingerprint density at radius 1 is 1.07 bits per heavy atom. The molecule has 2 aromatic carbocycles. The summed E-state index contributed by atoms with van der Waals surface area (Å²) in [6.45, 7) is 5.07. The lowest BCUT2D eigenvalue weighted by Gasteiger charge is -2.28. The molecule has 27 heavy (non-hydrogen) atoms. The first-order valence-corrected chi connectivity index (χ1v) is 9.73. The Morgan fingerprint density at radius 3 is 2.56 bits per heavy atom. The molecule has 1 fully saturated rings. The predicted molar refractivity (Wildman–Crippen MR) is 113 cm³/mol. The van der Waals surface area contributed by atoms with Gasteiger partial charge in [0.1, 0.15) is 0 Å². The second-order valence-corrected chi connectivity index (χ2v) is 6.93. The van der Waals surface area contributed by atoms with Gasteiger partial charge in [0, 0.05) is 43.9 Å². The van der Waals surface area contributed by atoms with Crippen LogP contribution in [-0.4, -0.2) is 45.9 Å². The summed E-state index contributed by atoms with van der Waals surface area (Å²) >= 11 is 6.03. The monoisotopic (exact) mass is 386 g/mol. The minimum Gasteiger partial charge on any atom is -0.378 e.